The Kier molecular flexibility index (Phi) is 4.38. The Hall–Kier alpha value is -1.80. The van der Waals surface area contributed by atoms with Gasteiger partial charge >= 0.3 is 6.18 Å². The third kappa shape index (κ3) is 3.85. The smallest absolute Gasteiger partial charge is 0.357 e. The summed E-state index contributed by atoms with van der Waals surface area (Å²) in [5.41, 5.74) is -1.17. The minimum atomic E-state index is -4.57. The van der Waals surface area contributed by atoms with Gasteiger partial charge in [0, 0.05) is 12.1 Å². The predicted molar refractivity (Wildman–Crippen MR) is 74.1 cm³/mol. The van der Waals surface area contributed by atoms with Gasteiger partial charge in [-0.2, -0.15) is 28.1 Å². The molecular formula is C11H8Cl2F3N5. The highest BCUT2D eigenvalue weighted by atomic mass is 35.5. The molecule has 0 aliphatic carbocycles. The van der Waals surface area contributed by atoms with Crippen LogP contribution in [-0.2, 0) is 6.18 Å². The van der Waals surface area contributed by atoms with E-state index in [4.69, 9.17) is 23.2 Å². The Bertz CT molecular complexity index is 663. The van der Waals surface area contributed by atoms with E-state index in [-0.39, 0.29) is 27.9 Å². The van der Waals surface area contributed by atoms with Crippen LogP contribution in [0.3, 0.4) is 0 Å². The number of benzene rings is 1. The molecule has 0 amide bonds. The van der Waals surface area contributed by atoms with E-state index < -0.39 is 11.7 Å². The van der Waals surface area contributed by atoms with E-state index in [1.54, 1.807) is 7.05 Å². The number of hydrogen-bond donors (Lipinski definition) is 2. The number of alkyl halides is 3. The van der Waals surface area contributed by atoms with Crippen LogP contribution in [0.5, 0.6) is 0 Å². The molecule has 5 nitrogen and oxygen atoms in total. The molecule has 0 aliphatic rings. The second kappa shape index (κ2) is 5.90. The normalized spacial score (nSPS) is 11.3. The van der Waals surface area contributed by atoms with E-state index in [1.165, 1.54) is 12.1 Å². The van der Waals surface area contributed by atoms with Crippen molar-refractivity contribution in [1.82, 2.24) is 15.0 Å². The van der Waals surface area contributed by atoms with Crippen LogP contribution >= 0.6 is 23.2 Å². The topological polar surface area (TPSA) is 62.7 Å². The maximum absolute atomic E-state index is 13.0. The summed E-state index contributed by atoms with van der Waals surface area (Å²) >= 11 is 11.3. The molecule has 1 aromatic carbocycles. The fourth-order valence-electron chi connectivity index (χ4n) is 1.50. The molecule has 0 atom stereocenters. The van der Waals surface area contributed by atoms with Crippen molar-refractivity contribution >= 4 is 40.8 Å². The lowest BCUT2D eigenvalue weighted by Crippen LogP contribution is -2.10. The molecule has 1 aromatic heterocycles. The summed E-state index contributed by atoms with van der Waals surface area (Å²) in [4.78, 5) is 11.3. The van der Waals surface area contributed by atoms with Crippen LogP contribution in [0.1, 0.15) is 5.56 Å². The number of halogens is 5. The van der Waals surface area contributed by atoms with Gasteiger partial charge in [0.25, 0.3) is 0 Å². The maximum atomic E-state index is 13.0. The van der Waals surface area contributed by atoms with Gasteiger partial charge in [0.1, 0.15) is 0 Å². The fraction of sp³-hybridized carbons (Fsp3) is 0.182. The van der Waals surface area contributed by atoms with E-state index >= 15 is 0 Å². The number of aromatic nitrogens is 3. The number of hydrogen-bond acceptors (Lipinski definition) is 5. The highest BCUT2D eigenvalue weighted by Gasteiger charge is 2.34. The van der Waals surface area contributed by atoms with Crippen molar-refractivity contribution in [2.24, 2.45) is 0 Å². The molecule has 0 saturated carbocycles. The summed E-state index contributed by atoms with van der Waals surface area (Å²) in [6.07, 6.45) is -4.57. The number of nitrogens with one attached hydrogen (secondary N) is 2. The first-order valence-electron chi connectivity index (χ1n) is 5.52. The molecular weight excluding hydrogens is 330 g/mol. The van der Waals surface area contributed by atoms with Crippen molar-refractivity contribution in [1.29, 1.82) is 0 Å². The van der Waals surface area contributed by atoms with Crippen molar-refractivity contribution in [2.45, 2.75) is 6.18 Å². The standard InChI is InChI=1S/C11H8Cl2F3N5/c1-17-9-19-8(13)20-10(21-9)18-7-3-2-5(12)4-6(7)11(14,15)16/h2-4H,1H3,(H2,17,18,19,20,21). The molecule has 1 heterocycles. The SMILES string of the molecule is CNc1nc(Cl)nc(Nc2ccc(Cl)cc2C(F)(F)F)n1. The van der Waals surface area contributed by atoms with Gasteiger partial charge < -0.3 is 10.6 Å². The van der Waals surface area contributed by atoms with Gasteiger partial charge in [-0.05, 0) is 29.8 Å². The largest absolute Gasteiger partial charge is 0.418 e. The Balaban J connectivity index is 2.42. The predicted octanol–water partition coefficient (Wildman–Crippen LogP) is 3.98. The quantitative estimate of drug-likeness (QED) is 0.886. The molecule has 0 fully saturated rings. The molecule has 21 heavy (non-hydrogen) atoms. The summed E-state index contributed by atoms with van der Waals surface area (Å²) in [5, 5.41) is 4.89. The van der Waals surface area contributed by atoms with Gasteiger partial charge in [-0.3, -0.25) is 0 Å². The first kappa shape index (κ1) is 15.6. The minimum absolute atomic E-state index is 0.0301. The summed E-state index contributed by atoms with van der Waals surface area (Å²) in [5.74, 6) is 0.00666. The molecule has 2 rings (SSSR count). The Labute approximate surface area is 127 Å². The van der Waals surface area contributed by atoms with Crippen LogP contribution in [0.25, 0.3) is 0 Å². The lowest BCUT2D eigenvalue weighted by atomic mass is 10.1. The van der Waals surface area contributed by atoms with Crippen LogP contribution in [0, 0.1) is 0 Å². The number of rotatable bonds is 3. The third-order valence-corrected chi connectivity index (χ3v) is 2.77. The van der Waals surface area contributed by atoms with Gasteiger partial charge in [-0.15, -0.1) is 0 Å². The van der Waals surface area contributed by atoms with Crippen molar-refractivity contribution in [3.05, 3.63) is 34.1 Å². The number of nitrogens with zero attached hydrogens (tertiary/aromatic N) is 3. The van der Waals surface area contributed by atoms with Crippen molar-refractivity contribution in [3.63, 3.8) is 0 Å². The summed E-state index contributed by atoms with van der Waals surface area (Å²) in [7, 11) is 1.54. The Morgan fingerprint density at radius 3 is 2.33 bits per heavy atom. The zero-order valence-electron chi connectivity index (χ0n) is 10.5. The van der Waals surface area contributed by atoms with E-state index in [9.17, 15) is 13.2 Å². The van der Waals surface area contributed by atoms with Gasteiger partial charge in [0.05, 0.1) is 11.3 Å². The second-order valence-corrected chi connectivity index (χ2v) is 4.59. The van der Waals surface area contributed by atoms with E-state index in [1.807, 2.05) is 0 Å². The van der Waals surface area contributed by atoms with Gasteiger partial charge in [0.15, 0.2) is 0 Å². The average Bonchev–Trinajstić information content (AvgIpc) is 2.39. The highest BCUT2D eigenvalue weighted by molar-refractivity contribution is 6.30. The van der Waals surface area contributed by atoms with Gasteiger partial charge in [-0.1, -0.05) is 11.6 Å². The van der Waals surface area contributed by atoms with Gasteiger partial charge in [-0.25, -0.2) is 0 Å². The third-order valence-electron chi connectivity index (χ3n) is 2.37. The van der Waals surface area contributed by atoms with Crippen LogP contribution in [-0.4, -0.2) is 22.0 Å². The molecule has 0 unspecified atom stereocenters. The van der Waals surface area contributed by atoms with Crippen molar-refractivity contribution in [3.8, 4) is 0 Å². The van der Waals surface area contributed by atoms with E-state index in [2.05, 4.69) is 25.6 Å². The zero-order valence-corrected chi connectivity index (χ0v) is 12.0. The molecule has 0 saturated heterocycles. The summed E-state index contributed by atoms with van der Waals surface area (Å²) in [6, 6.07) is 3.31. The minimum Gasteiger partial charge on any atom is -0.357 e. The molecule has 0 aliphatic heterocycles. The molecule has 10 heteroatoms. The first-order valence-corrected chi connectivity index (χ1v) is 6.28. The molecule has 2 aromatic rings. The zero-order chi connectivity index (χ0) is 15.6. The van der Waals surface area contributed by atoms with Crippen LogP contribution in [0.15, 0.2) is 18.2 Å². The molecule has 2 N–H and O–H groups in total. The van der Waals surface area contributed by atoms with Gasteiger partial charge in [0.2, 0.25) is 17.2 Å². The lowest BCUT2D eigenvalue weighted by molar-refractivity contribution is -0.136. The average molecular weight is 338 g/mol. The Morgan fingerprint density at radius 2 is 1.71 bits per heavy atom. The van der Waals surface area contributed by atoms with Crippen LogP contribution in [0.4, 0.5) is 30.8 Å². The van der Waals surface area contributed by atoms with Crippen LogP contribution < -0.4 is 10.6 Å². The van der Waals surface area contributed by atoms with Crippen molar-refractivity contribution < 1.29 is 13.2 Å². The summed E-state index contributed by atoms with van der Waals surface area (Å²) in [6.45, 7) is 0. The second-order valence-electron chi connectivity index (χ2n) is 3.81. The first-order chi connectivity index (χ1) is 9.79. The highest BCUT2D eigenvalue weighted by Crippen LogP contribution is 2.37. The summed E-state index contributed by atoms with van der Waals surface area (Å²) < 4.78 is 38.9. The monoisotopic (exact) mass is 337 g/mol. The Morgan fingerprint density at radius 1 is 1.05 bits per heavy atom. The fourth-order valence-corrected chi connectivity index (χ4v) is 1.83. The molecule has 0 bridgehead atoms. The molecule has 0 radical (unpaired) electrons. The van der Waals surface area contributed by atoms with Crippen LogP contribution in [0.2, 0.25) is 10.3 Å². The molecule has 112 valence electrons. The van der Waals surface area contributed by atoms with E-state index in [0.29, 0.717) is 0 Å². The van der Waals surface area contributed by atoms with E-state index in [0.717, 1.165) is 6.07 Å². The number of anilines is 3. The van der Waals surface area contributed by atoms with Crippen molar-refractivity contribution in [2.75, 3.05) is 17.7 Å². The maximum Gasteiger partial charge on any atom is 0.418 e. The molecule has 0 spiro atoms. The lowest BCUT2D eigenvalue weighted by Gasteiger charge is -2.14.